The van der Waals surface area contributed by atoms with Crippen molar-refractivity contribution in [3.63, 3.8) is 0 Å². The first-order chi connectivity index (χ1) is 9.99. The SMILES string of the molecule is CCC(C)NC(=O)c1cc(-c2ccc(C)cc2)nc(=O)[nH]1. The van der Waals surface area contributed by atoms with Gasteiger partial charge in [0.2, 0.25) is 0 Å². The van der Waals surface area contributed by atoms with Gasteiger partial charge in [0.05, 0.1) is 5.69 Å². The van der Waals surface area contributed by atoms with Crippen molar-refractivity contribution in [2.24, 2.45) is 0 Å². The number of aryl methyl sites for hydroxylation is 1. The summed E-state index contributed by atoms with van der Waals surface area (Å²) in [5.41, 5.74) is 2.13. The van der Waals surface area contributed by atoms with E-state index in [0.717, 1.165) is 17.5 Å². The van der Waals surface area contributed by atoms with Gasteiger partial charge in [-0.3, -0.25) is 4.79 Å². The Morgan fingerprint density at radius 1 is 1.33 bits per heavy atom. The first kappa shape index (κ1) is 15.0. The quantitative estimate of drug-likeness (QED) is 0.905. The fourth-order valence-electron chi connectivity index (χ4n) is 1.86. The summed E-state index contributed by atoms with van der Waals surface area (Å²) in [6.07, 6.45) is 0.825. The van der Waals surface area contributed by atoms with Gasteiger partial charge < -0.3 is 10.3 Å². The molecule has 5 nitrogen and oxygen atoms in total. The molecule has 1 atom stereocenters. The molecule has 0 saturated heterocycles. The molecule has 5 heteroatoms. The van der Waals surface area contributed by atoms with Gasteiger partial charge in [-0.1, -0.05) is 36.8 Å². The molecule has 0 spiro atoms. The number of benzene rings is 1. The summed E-state index contributed by atoms with van der Waals surface area (Å²) in [6.45, 7) is 5.88. The molecule has 0 aliphatic rings. The Balaban J connectivity index is 2.35. The lowest BCUT2D eigenvalue weighted by molar-refractivity contribution is 0.0934. The Hall–Kier alpha value is -2.43. The van der Waals surface area contributed by atoms with Crippen LogP contribution in [0.2, 0.25) is 0 Å². The molecule has 1 unspecified atom stereocenters. The van der Waals surface area contributed by atoms with E-state index in [-0.39, 0.29) is 17.6 Å². The van der Waals surface area contributed by atoms with Gasteiger partial charge in [0.15, 0.2) is 0 Å². The normalized spacial score (nSPS) is 12.0. The van der Waals surface area contributed by atoms with E-state index >= 15 is 0 Å². The lowest BCUT2D eigenvalue weighted by atomic mass is 10.1. The van der Waals surface area contributed by atoms with Crippen molar-refractivity contribution in [1.82, 2.24) is 15.3 Å². The molecule has 21 heavy (non-hydrogen) atoms. The van der Waals surface area contributed by atoms with Crippen molar-refractivity contribution in [3.05, 3.63) is 52.1 Å². The first-order valence-corrected chi connectivity index (χ1v) is 6.99. The highest BCUT2D eigenvalue weighted by molar-refractivity contribution is 5.93. The number of carbonyl (C=O) groups excluding carboxylic acids is 1. The molecule has 2 rings (SSSR count). The maximum Gasteiger partial charge on any atom is 0.346 e. The predicted octanol–water partition coefficient (Wildman–Crippen LogP) is 2.27. The highest BCUT2D eigenvalue weighted by Crippen LogP contribution is 2.16. The zero-order valence-electron chi connectivity index (χ0n) is 12.4. The summed E-state index contributed by atoms with van der Waals surface area (Å²) in [6, 6.07) is 9.30. The van der Waals surface area contributed by atoms with Crippen LogP contribution in [-0.4, -0.2) is 21.9 Å². The predicted molar refractivity (Wildman–Crippen MR) is 82.2 cm³/mol. The molecule has 1 aromatic carbocycles. The molecular weight excluding hydrogens is 266 g/mol. The third-order valence-electron chi connectivity index (χ3n) is 3.33. The number of rotatable bonds is 4. The maximum atomic E-state index is 12.1. The minimum Gasteiger partial charge on any atom is -0.348 e. The van der Waals surface area contributed by atoms with E-state index in [2.05, 4.69) is 15.3 Å². The van der Waals surface area contributed by atoms with Crippen LogP contribution < -0.4 is 11.0 Å². The molecule has 1 heterocycles. The Morgan fingerprint density at radius 2 is 2.00 bits per heavy atom. The number of nitrogens with one attached hydrogen (secondary N) is 2. The van der Waals surface area contributed by atoms with Gasteiger partial charge in [-0.15, -0.1) is 0 Å². The minimum atomic E-state index is -0.526. The number of aromatic nitrogens is 2. The number of hydrogen-bond acceptors (Lipinski definition) is 3. The fourth-order valence-corrected chi connectivity index (χ4v) is 1.86. The van der Waals surface area contributed by atoms with Crippen LogP contribution in [0.5, 0.6) is 0 Å². The third-order valence-corrected chi connectivity index (χ3v) is 3.33. The van der Waals surface area contributed by atoms with E-state index in [4.69, 9.17) is 0 Å². The maximum absolute atomic E-state index is 12.1. The molecule has 2 N–H and O–H groups in total. The zero-order chi connectivity index (χ0) is 15.4. The smallest absolute Gasteiger partial charge is 0.346 e. The number of H-pyrrole nitrogens is 1. The van der Waals surface area contributed by atoms with E-state index in [1.807, 2.05) is 45.0 Å². The molecule has 0 saturated carbocycles. The van der Waals surface area contributed by atoms with Crippen molar-refractivity contribution in [2.45, 2.75) is 33.2 Å². The van der Waals surface area contributed by atoms with Gasteiger partial charge in [-0.2, -0.15) is 4.98 Å². The Labute approximate surface area is 123 Å². The molecule has 1 aromatic heterocycles. The van der Waals surface area contributed by atoms with Crippen molar-refractivity contribution in [1.29, 1.82) is 0 Å². The van der Waals surface area contributed by atoms with Crippen molar-refractivity contribution < 1.29 is 4.79 Å². The summed E-state index contributed by atoms with van der Waals surface area (Å²) >= 11 is 0. The van der Waals surface area contributed by atoms with Crippen LogP contribution in [0.1, 0.15) is 36.3 Å². The van der Waals surface area contributed by atoms with E-state index < -0.39 is 5.69 Å². The number of hydrogen-bond donors (Lipinski definition) is 2. The van der Waals surface area contributed by atoms with Gasteiger partial charge in [0, 0.05) is 11.6 Å². The Kier molecular flexibility index (Phi) is 4.52. The van der Waals surface area contributed by atoms with Crippen LogP contribution in [-0.2, 0) is 0 Å². The molecule has 0 radical (unpaired) electrons. The molecular formula is C16H19N3O2. The standard InChI is InChI=1S/C16H19N3O2/c1-4-11(3)17-15(20)14-9-13(18-16(21)19-14)12-7-5-10(2)6-8-12/h5-9,11H,4H2,1-3H3,(H,17,20)(H,18,19,21). The van der Waals surface area contributed by atoms with Gasteiger partial charge >= 0.3 is 5.69 Å². The first-order valence-electron chi connectivity index (χ1n) is 6.99. The average Bonchev–Trinajstić information content (AvgIpc) is 2.47. The Bertz CT molecular complexity index is 689. The van der Waals surface area contributed by atoms with Crippen molar-refractivity contribution in [2.75, 3.05) is 0 Å². The summed E-state index contributed by atoms with van der Waals surface area (Å²) in [7, 11) is 0. The number of carbonyl (C=O) groups is 1. The third kappa shape index (κ3) is 3.78. The molecule has 0 aliphatic carbocycles. The van der Waals surface area contributed by atoms with Crippen LogP contribution in [0.15, 0.2) is 35.1 Å². The van der Waals surface area contributed by atoms with Gasteiger partial charge in [0.1, 0.15) is 5.69 Å². The van der Waals surface area contributed by atoms with E-state index in [9.17, 15) is 9.59 Å². The topological polar surface area (TPSA) is 74.8 Å². The van der Waals surface area contributed by atoms with Crippen LogP contribution >= 0.6 is 0 Å². The molecule has 0 aliphatic heterocycles. The minimum absolute atomic E-state index is 0.0528. The van der Waals surface area contributed by atoms with Gasteiger partial charge in [0.25, 0.3) is 5.91 Å². The highest BCUT2D eigenvalue weighted by atomic mass is 16.2. The van der Waals surface area contributed by atoms with E-state index in [1.165, 1.54) is 0 Å². The van der Waals surface area contributed by atoms with Gasteiger partial charge in [-0.05, 0) is 26.3 Å². The second kappa shape index (κ2) is 6.35. The monoisotopic (exact) mass is 285 g/mol. The summed E-state index contributed by atoms with van der Waals surface area (Å²) in [4.78, 5) is 30.2. The molecule has 2 aromatic rings. The van der Waals surface area contributed by atoms with E-state index in [0.29, 0.717) is 5.69 Å². The number of nitrogens with zero attached hydrogens (tertiary/aromatic N) is 1. The van der Waals surface area contributed by atoms with Crippen molar-refractivity contribution >= 4 is 5.91 Å². The largest absolute Gasteiger partial charge is 0.348 e. The van der Waals surface area contributed by atoms with Crippen molar-refractivity contribution in [3.8, 4) is 11.3 Å². The summed E-state index contributed by atoms with van der Waals surface area (Å²) in [5.74, 6) is -0.294. The summed E-state index contributed by atoms with van der Waals surface area (Å²) < 4.78 is 0. The molecule has 0 bridgehead atoms. The number of amides is 1. The van der Waals surface area contributed by atoms with Crippen LogP contribution in [0, 0.1) is 6.92 Å². The molecule has 0 fully saturated rings. The molecule has 1 amide bonds. The molecule has 110 valence electrons. The highest BCUT2D eigenvalue weighted by Gasteiger charge is 2.12. The second-order valence-electron chi connectivity index (χ2n) is 5.13. The average molecular weight is 285 g/mol. The summed E-state index contributed by atoms with van der Waals surface area (Å²) in [5, 5.41) is 2.82. The van der Waals surface area contributed by atoms with Gasteiger partial charge in [-0.25, -0.2) is 4.79 Å². The van der Waals surface area contributed by atoms with Crippen LogP contribution in [0.25, 0.3) is 11.3 Å². The Morgan fingerprint density at radius 3 is 2.62 bits per heavy atom. The van der Waals surface area contributed by atoms with E-state index in [1.54, 1.807) is 6.07 Å². The van der Waals surface area contributed by atoms with Crippen LogP contribution in [0.4, 0.5) is 0 Å². The van der Waals surface area contributed by atoms with Crippen LogP contribution in [0.3, 0.4) is 0 Å². The fraction of sp³-hybridized carbons (Fsp3) is 0.312. The lowest BCUT2D eigenvalue weighted by Crippen LogP contribution is -2.33. The number of aromatic amines is 1. The zero-order valence-corrected chi connectivity index (χ0v) is 12.4. The lowest BCUT2D eigenvalue weighted by Gasteiger charge is -2.11. The second-order valence-corrected chi connectivity index (χ2v) is 5.13.